The van der Waals surface area contributed by atoms with Crippen molar-refractivity contribution in [2.75, 3.05) is 19.6 Å². The van der Waals surface area contributed by atoms with E-state index in [0.717, 1.165) is 42.8 Å². The second kappa shape index (κ2) is 9.94. The Bertz CT molecular complexity index is 817. The molecule has 3 atom stereocenters. The SMILES string of the molecule is CCCN(CCCc1ccc(F)cc1)CC(=O)C(C)N1C(=O)C2C=CC=CC2C1=O. The molecule has 1 aromatic carbocycles. The molecule has 1 fully saturated rings. The number of rotatable bonds is 10. The van der Waals surface area contributed by atoms with Gasteiger partial charge in [0.15, 0.2) is 5.78 Å². The molecular weight excluding hydrogens is 383 g/mol. The van der Waals surface area contributed by atoms with E-state index in [2.05, 4.69) is 11.8 Å². The van der Waals surface area contributed by atoms with Gasteiger partial charge in [0.05, 0.1) is 24.4 Å². The van der Waals surface area contributed by atoms with Gasteiger partial charge >= 0.3 is 0 Å². The van der Waals surface area contributed by atoms with Crippen molar-refractivity contribution in [2.24, 2.45) is 11.8 Å². The van der Waals surface area contributed by atoms with Crippen LogP contribution < -0.4 is 0 Å². The van der Waals surface area contributed by atoms with Crippen molar-refractivity contribution < 1.29 is 18.8 Å². The first-order valence-corrected chi connectivity index (χ1v) is 10.6. The van der Waals surface area contributed by atoms with Crippen LogP contribution in [0.1, 0.15) is 32.3 Å². The van der Waals surface area contributed by atoms with Gasteiger partial charge in [-0.05, 0) is 57.0 Å². The van der Waals surface area contributed by atoms with Crippen molar-refractivity contribution in [1.82, 2.24) is 9.80 Å². The van der Waals surface area contributed by atoms with Crippen molar-refractivity contribution in [1.29, 1.82) is 0 Å². The van der Waals surface area contributed by atoms with E-state index in [1.54, 1.807) is 43.4 Å². The molecule has 30 heavy (non-hydrogen) atoms. The van der Waals surface area contributed by atoms with Gasteiger partial charge in [-0.3, -0.25) is 24.2 Å². The fourth-order valence-corrected chi connectivity index (χ4v) is 4.13. The van der Waals surface area contributed by atoms with Gasteiger partial charge in [0.1, 0.15) is 5.82 Å². The van der Waals surface area contributed by atoms with E-state index in [-0.39, 0.29) is 30.0 Å². The summed E-state index contributed by atoms with van der Waals surface area (Å²) in [4.78, 5) is 41.5. The highest BCUT2D eigenvalue weighted by Gasteiger charge is 2.48. The molecule has 3 unspecified atom stereocenters. The van der Waals surface area contributed by atoms with Crippen LogP contribution in [0.3, 0.4) is 0 Å². The predicted octanol–water partition coefficient (Wildman–Crippen LogP) is 3.16. The molecular formula is C24H29FN2O3. The van der Waals surface area contributed by atoms with Gasteiger partial charge in [-0.15, -0.1) is 0 Å². The van der Waals surface area contributed by atoms with Crippen molar-refractivity contribution in [3.63, 3.8) is 0 Å². The number of carbonyl (C=O) groups is 3. The Morgan fingerprint density at radius 2 is 1.67 bits per heavy atom. The van der Waals surface area contributed by atoms with Crippen LogP contribution in [-0.2, 0) is 20.8 Å². The van der Waals surface area contributed by atoms with Gasteiger partial charge in [0, 0.05) is 0 Å². The minimum absolute atomic E-state index is 0.126. The first kappa shape index (κ1) is 22.1. The maximum atomic E-state index is 13.0. The number of aryl methyl sites for hydroxylation is 1. The molecule has 1 heterocycles. The third kappa shape index (κ3) is 4.93. The molecule has 1 aliphatic carbocycles. The second-order valence-electron chi connectivity index (χ2n) is 8.02. The van der Waals surface area contributed by atoms with Crippen LogP contribution in [0.2, 0.25) is 0 Å². The molecule has 2 aliphatic rings. The number of amides is 2. The third-order valence-corrected chi connectivity index (χ3v) is 5.81. The molecule has 0 spiro atoms. The lowest BCUT2D eigenvalue weighted by Crippen LogP contribution is -2.47. The minimum Gasteiger partial charge on any atom is -0.296 e. The van der Waals surface area contributed by atoms with Crippen LogP contribution in [0.5, 0.6) is 0 Å². The summed E-state index contributed by atoms with van der Waals surface area (Å²) < 4.78 is 13.0. The number of ketones is 1. The van der Waals surface area contributed by atoms with Crippen LogP contribution in [0.15, 0.2) is 48.6 Å². The van der Waals surface area contributed by atoms with Crippen molar-refractivity contribution in [3.8, 4) is 0 Å². The lowest BCUT2D eigenvalue weighted by atomic mass is 9.91. The Hall–Kier alpha value is -2.60. The van der Waals surface area contributed by atoms with Gasteiger partial charge in [0.25, 0.3) is 0 Å². The van der Waals surface area contributed by atoms with Crippen LogP contribution in [0.25, 0.3) is 0 Å². The first-order chi connectivity index (χ1) is 14.4. The van der Waals surface area contributed by atoms with E-state index in [9.17, 15) is 18.8 Å². The third-order valence-electron chi connectivity index (χ3n) is 5.81. The number of Topliss-reactive ketones (excluding diaryl/α,β-unsaturated/α-hetero) is 1. The number of halogens is 1. The number of likely N-dealkylation sites (tertiary alicyclic amines) is 1. The molecule has 6 heteroatoms. The van der Waals surface area contributed by atoms with Crippen LogP contribution >= 0.6 is 0 Å². The Morgan fingerprint density at radius 3 is 2.23 bits per heavy atom. The zero-order chi connectivity index (χ0) is 21.7. The highest BCUT2D eigenvalue weighted by atomic mass is 19.1. The summed E-state index contributed by atoms with van der Waals surface area (Å²) in [5.41, 5.74) is 1.06. The summed E-state index contributed by atoms with van der Waals surface area (Å²) in [5, 5.41) is 0. The lowest BCUT2D eigenvalue weighted by molar-refractivity contribution is -0.146. The highest BCUT2D eigenvalue weighted by Crippen LogP contribution is 2.32. The summed E-state index contributed by atoms with van der Waals surface area (Å²) in [5.74, 6) is -1.92. The largest absolute Gasteiger partial charge is 0.296 e. The molecule has 0 saturated carbocycles. The summed E-state index contributed by atoms with van der Waals surface area (Å²) in [6.07, 6.45) is 9.56. The van der Waals surface area contributed by atoms with E-state index in [1.807, 2.05) is 0 Å². The zero-order valence-corrected chi connectivity index (χ0v) is 17.6. The number of allylic oxidation sites excluding steroid dienone is 2. The van der Waals surface area contributed by atoms with Crippen molar-refractivity contribution in [3.05, 3.63) is 60.0 Å². The second-order valence-corrected chi connectivity index (χ2v) is 8.02. The zero-order valence-electron chi connectivity index (χ0n) is 17.6. The monoisotopic (exact) mass is 412 g/mol. The van der Waals surface area contributed by atoms with Gasteiger partial charge in [0.2, 0.25) is 11.8 Å². The van der Waals surface area contributed by atoms with Crippen LogP contribution in [-0.4, -0.2) is 53.1 Å². The molecule has 1 aliphatic heterocycles. The molecule has 5 nitrogen and oxygen atoms in total. The molecule has 0 aromatic heterocycles. The topological polar surface area (TPSA) is 57.7 Å². The fourth-order valence-electron chi connectivity index (χ4n) is 4.13. The predicted molar refractivity (Wildman–Crippen MR) is 113 cm³/mol. The molecule has 2 amide bonds. The Balaban J connectivity index is 1.56. The summed E-state index contributed by atoms with van der Waals surface area (Å²) in [7, 11) is 0. The number of hydrogen-bond donors (Lipinski definition) is 0. The van der Waals surface area contributed by atoms with Crippen molar-refractivity contribution >= 4 is 17.6 Å². The number of hydrogen-bond acceptors (Lipinski definition) is 4. The first-order valence-electron chi connectivity index (χ1n) is 10.6. The average molecular weight is 413 g/mol. The maximum absolute atomic E-state index is 13.0. The number of imide groups is 1. The molecule has 160 valence electrons. The van der Waals surface area contributed by atoms with Gasteiger partial charge in [-0.1, -0.05) is 43.4 Å². The van der Waals surface area contributed by atoms with E-state index in [0.29, 0.717) is 0 Å². The number of nitrogens with zero attached hydrogens (tertiary/aromatic N) is 2. The Labute approximate surface area is 177 Å². The van der Waals surface area contributed by atoms with Crippen LogP contribution in [0.4, 0.5) is 4.39 Å². The van der Waals surface area contributed by atoms with E-state index in [1.165, 1.54) is 12.1 Å². The highest BCUT2D eigenvalue weighted by molar-refractivity contribution is 6.10. The Kier molecular flexibility index (Phi) is 7.32. The van der Waals surface area contributed by atoms with Gasteiger partial charge in [-0.25, -0.2) is 4.39 Å². The number of fused-ring (bicyclic) bond motifs is 1. The molecule has 1 aromatic rings. The molecule has 0 bridgehead atoms. The minimum atomic E-state index is -0.770. The van der Waals surface area contributed by atoms with Crippen molar-refractivity contribution in [2.45, 2.75) is 39.2 Å². The van der Waals surface area contributed by atoms with E-state index >= 15 is 0 Å². The normalized spacial score (nSPS) is 21.4. The van der Waals surface area contributed by atoms with Crippen LogP contribution in [0, 0.1) is 17.7 Å². The average Bonchev–Trinajstić information content (AvgIpc) is 2.99. The summed E-state index contributed by atoms with van der Waals surface area (Å²) in [6, 6.07) is 5.69. The summed E-state index contributed by atoms with van der Waals surface area (Å²) >= 11 is 0. The van der Waals surface area contributed by atoms with E-state index in [4.69, 9.17) is 0 Å². The number of carbonyl (C=O) groups excluding carboxylic acids is 3. The molecule has 0 N–H and O–H groups in total. The number of benzene rings is 1. The maximum Gasteiger partial charge on any atom is 0.237 e. The summed E-state index contributed by atoms with van der Waals surface area (Å²) in [6.45, 7) is 5.39. The molecule has 0 radical (unpaired) electrons. The van der Waals surface area contributed by atoms with E-state index < -0.39 is 17.9 Å². The fraction of sp³-hybridized carbons (Fsp3) is 0.458. The molecule has 1 saturated heterocycles. The standard InChI is InChI=1S/C24H29FN2O3/c1-3-14-26(15-6-7-18-10-12-19(25)13-11-18)16-22(28)17(2)27-23(29)20-8-4-5-9-21(20)24(27)30/h4-5,8-13,17,20-21H,3,6-7,14-16H2,1-2H3. The Morgan fingerprint density at radius 1 is 1.07 bits per heavy atom. The quantitative estimate of drug-likeness (QED) is 0.554. The smallest absolute Gasteiger partial charge is 0.237 e. The van der Waals surface area contributed by atoms with Gasteiger partial charge in [-0.2, -0.15) is 0 Å². The lowest BCUT2D eigenvalue weighted by Gasteiger charge is -2.26. The molecule has 3 rings (SSSR count). The van der Waals surface area contributed by atoms with Gasteiger partial charge < -0.3 is 0 Å².